The maximum atomic E-state index is 13.7. The molecule has 2 saturated carbocycles. The number of nitrogens with one attached hydrogen (secondary N) is 1. The summed E-state index contributed by atoms with van der Waals surface area (Å²) in [5.41, 5.74) is 18.6. The van der Waals surface area contributed by atoms with Gasteiger partial charge in [0, 0.05) is 87.8 Å². The average molecular weight is 1460 g/mol. The summed E-state index contributed by atoms with van der Waals surface area (Å²) in [6.45, 7) is 0.740. The second-order valence-corrected chi connectivity index (χ2v) is 21.7. The number of benzene rings is 4. The SMILES string of the molecule is NCCCOc1cc(-c2ccc(C(=O)N3CCC(F)(F)CC3)cc2)cc(C(F)(F)F)c1.Nc1ccc(C2C[C@H]2C(=O)NCCCOc2cc(-c3ccc(C(=O)N4CCC(F)(F)CC4)cc3)cc(C(F)(F)F)c2)cn1.Nc1ccc([C@@H]2C[C@H]2C(=O)O)cn1.[K][K].[K][K].[K][K]. The normalized spacial score (nSPS) is 18.3. The van der Waals surface area contributed by atoms with Gasteiger partial charge in [-0.3, -0.25) is 19.2 Å². The number of carbonyl (C=O) groups excluding carboxylic acids is 3. The van der Waals surface area contributed by atoms with Crippen molar-refractivity contribution in [1.82, 2.24) is 25.1 Å². The number of nitrogen functional groups attached to an aromatic ring is 2. The molecular weight excluding hydrogens is 1390 g/mol. The first-order valence-electron chi connectivity index (χ1n) is 31.1. The van der Waals surface area contributed by atoms with E-state index in [1.54, 1.807) is 24.5 Å². The molecule has 15 nitrogen and oxygen atoms in total. The van der Waals surface area contributed by atoms with Crippen LogP contribution in [-0.4, -0.2) is 302 Å². The Hall–Kier alpha value is 1.34. The number of carboxylic acids is 1. The summed E-state index contributed by atoms with van der Waals surface area (Å²) in [6.07, 6.45) is -5.08. The molecule has 6 aromatic rings. The minimum atomic E-state index is -4.62. The van der Waals surface area contributed by atoms with Crippen LogP contribution in [0, 0.1) is 11.8 Å². The van der Waals surface area contributed by atoms with Crippen LogP contribution < -0.4 is 32.0 Å². The number of halogens is 10. The Kier molecular flexibility index (Phi) is 38.0. The zero-order valence-electron chi connectivity index (χ0n) is 52.9. The number of aromatic nitrogens is 2. The van der Waals surface area contributed by atoms with E-state index in [1.165, 1.54) is 260 Å². The number of piperidine rings is 2. The quantitative estimate of drug-likeness (QED) is 0.0327. The maximum absolute atomic E-state index is 13.7. The fourth-order valence-electron chi connectivity index (χ4n) is 9.91. The molecule has 2 aliphatic carbocycles. The van der Waals surface area contributed by atoms with Crippen LogP contribution >= 0.6 is 0 Å². The summed E-state index contributed by atoms with van der Waals surface area (Å²) in [6, 6.07) is 26.0. The molecular formula is C62H64F10K6N8O7. The Morgan fingerprint density at radius 3 is 1.27 bits per heavy atom. The van der Waals surface area contributed by atoms with Crippen molar-refractivity contribution in [3.63, 3.8) is 0 Å². The van der Waals surface area contributed by atoms with Crippen LogP contribution in [0.15, 0.2) is 122 Å². The summed E-state index contributed by atoms with van der Waals surface area (Å²) < 4.78 is 145. The number of nitrogens with two attached hydrogens (primary N) is 3. The zero-order chi connectivity index (χ0) is 68.8. The monoisotopic (exact) mass is 1460 g/mol. The molecule has 4 heterocycles. The molecule has 0 spiro atoms. The second kappa shape index (κ2) is 41.6. The van der Waals surface area contributed by atoms with Gasteiger partial charge in [-0.2, -0.15) is 26.3 Å². The Morgan fingerprint density at radius 2 is 0.925 bits per heavy atom. The van der Waals surface area contributed by atoms with Gasteiger partial charge >= 0.3 is 208 Å². The number of carboxylic acid groups (broad SMARTS) is 1. The van der Waals surface area contributed by atoms with Gasteiger partial charge in [-0.25, -0.2) is 27.5 Å². The number of likely N-dealkylation sites (tertiary alicyclic amines) is 2. The van der Waals surface area contributed by atoms with Gasteiger partial charge in [-0.1, -0.05) is 36.4 Å². The number of alkyl halides is 10. The molecule has 31 heteroatoms. The van der Waals surface area contributed by atoms with Crippen molar-refractivity contribution in [1.29, 1.82) is 0 Å². The molecule has 0 radical (unpaired) electrons. The summed E-state index contributed by atoms with van der Waals surface area (Å²) in [4.78, 5) is 59.0. The van der Waals surface area contributed by atoms with E-state index in [0.29, 0.717) is 60.7 Å². The molecule has 1 unspecified atom stereocenters. The summed E-state index contributed by atoms with van der Waals surface area (Å²) in [5.74, 6) is -6.29. The number of nitrogens with zero attached hydrogens (tertiary/aromatic N) is 4. The Bertz CT molecular complexity index is 3370. The fourth-order valence-corrected chi connectivity index (χ4v) is 9.91. The molecule has 470 valence electrons. The van der Waals surface area contributed by atoms with E-state index in [4.69, 9.17) is 31.8 Å². The van der Waals surface area contributed by atoms with E-state index in [9.17, 15) is 63.1 Å². The van der Waals surface area contributed by atoms with Gasteiger partial charge in [-0.15, -0.1) is 0 Å². The molecule has 4 atom stereocenters. The molecule has 4 aliphatic rings. The standard InChI is InChI=1S/C31H31F5N4O3.C22H23F5N2O2.C9H10N2O2.6K/c32-30(33)8-11-40(12-9-30)29(42)20-4-2-19(3-5-20)22-14-23(31(34,35)36)16-24(15-22)43-13-1-10-38-28(41)26-17-25(26)21-6-7-27(37)39-18-21;23-21(24)6-9-29(10-7-21)20(30)16-4-2-15(3-5-16)17-12-18(22(25,26)27)14-19(13-17)31-11-1-8-28;10-8-2-1-5(4-11-8)6-3-7(6)9(12)13;;;;;;/h2-7,14-16,18,25-26H,1,8-13,17H2,(H2,37,39)(H,38,41);2-5,12-14H,1,6-11,28H2;1-2,4,6-7H,3H2,(H2,10,11)(H,12,13);;;;;;/t25?,26-;;6-,7+;;;;;;/m1.0....../s1. The van der Waals surface area contributed by atoms with Crippen LogP contribution in [0.3, 0.4) is 0 Å². The molecule has 2 aromatic heterocycles. The Morgan fingerprint density at radius 1 is 0.548 bits per heavy atom. The summed E-state index contributed by atoms with van der Waals surface area (Å²) >= 11 is 7.50. The summed E-state index contributed by atoms with van der Waals surface area (Å²) in [5, 5.41) is 11.5. The number of amides is 3. The van der Waals surface area contributed by atoms with Gasteiger partial charge in [0.2, 0.25) is 5.91 Å². The molecule has 10 rings (SSSR count). The number of hydrogen-bond donors (Lipinski definition) is 5. The van der Waals surface area contributed by atoms with Gasteiger partial charge < -0.3 is 46.9 Å². The van der Waals surface area contributed by atoms with Crippen molar-refractivity contribution in [3.05, 3.63) is 155 Å². The van der Waals surface area contributed by atoms with Crippen molar-refractivity contribution >= 4 is 225 Å². The van der Waals surface area contributed by atoms with E-state index in [2.05, 4.69) is 15.3 Å². The van der Waals surface area contributed by atoms with E-state index >= 15 is 0 Å². The van der Waals surface area contributed by atoms with E-state index in [-0.39, 0.29) is 116 Å². The number of hydrogen-bond acceptors (Lipinski definition) is 11. The van der Waals surface area contributed by atoms with E-state index in [0.717, 1.165) is 41.8 Å². The molecule has 93 heavy (non-hydrogen) atoms. The Labute approximate surface area is 668 Å². The number of ether oxygens (including phenoxy) is 2. The number of rotatable bonds is 17. The molecule has 0 bridgehead atoms. The number of carbonyl (C=O) groups is 4. The first-order valence-corrected chi connectivity index (χ1v) is 79.1. The van der Waals surface area contributed by atoms with Gasteiger partial charge in [0.25, 0.3) is 23.7 Å². The summed E-state index contributed by atoms with van der Waals surface area (Å²) in [7, 11) is 0. The first kappa shape index (κ1) is 85.0. The topological polar surface area (TPSA) is 229 Å². The van der Waals surface area contributed by atoms with Crippen LogP contribution in [0.2, 0.25) is 0 Å². The minimum absolute atomic E-state index is 0.0173. The van der Waals surface area contributed by atoms with Crippen molar-refractivity contribution in [3.8, 4) is 33.8 Å². The molecule has 4 aromatic carbocycles. The third-order valence-corrected chi connectivity index (χ3v) is 15.2. The van der Waals surface area contributed by atoms with Gasteiger partial charge in [0.15, 0.2) is 0 Å². The number of pyridine rings is 2. The Balaban J connectivity index is 0.000000272. The zero-order valence-corrected chi connectivity index (χ0v) is 71.6. The van der Waals surface area contributed by atoms with Gasteiger partial charge in [0.1, 0.15) is 23.1 Å². The predicted octanol–water partition coefficient (Wildman–Crippen LogP) is 9.45. The molecule has 3 amide bonds. The molecule has 8 N–H and O–H groups in total. The van der Waals surface area contributed by atoms with Crippen LogP contribution in [-0.2, 0) is 21.9 Å². The first-order chi connectivity index (χ1) is 44.2. The number of anilines is 2. The van der Waals surface area contributed by atoms with Gasteiger partial charge in [0.05, 0.1) is 30.3 Å². The van der Waals surface area contributed by atoms with Crippen molar-refractivity contribution < 1.29 is 77.7 Å². The van der Waals surface area contributed by atoms with Gasteiger partial charge in [-0.05, 0) is 150 Å². The molecule has 2 aliphatic heterocycles. The second-order valence-electron chi connectivity index (χ2n) is 21.7. The average Bonchev–Trinajstić information content (AvgIpc) is 1.79. The van der Waals surface area contributed by atoms with Crippen LogP contribution in [0.5, 0.6) is 11.5 Å². The van der Waals surface area contributed by atoms with Crippen molar-refractivity contribution in [2.75, 3.05) is 63.9 Å². The van der Waals surface area contributed by atoms with Crippen LogP contribution in [0.4, 0.5) is 55.5 Å². The van der Waals surface area contributed by atoms with Crippen LogP contribution in [0.1, 0.15) is 106 Å². The molecule has 2 saturated heterocycles. The number of aliphatic carboxylic acids is 1. The van der Waals surface area contributed by atoms with E-state index in [1.807, 2.05) is 12.1 Å². The van der Waals surface area contributed by atoms with Crippen molar-refractivity contribution in [2.45, 2.75) is 87.4 Å². The van der Waals surface area contributed by atoms with Crippen LogP contribution in [0.25, 0.3) is 22.3 Å². The van der Waals surface area contributed by atoms with E-state index < -0.39 is 60.0 Å². The van der Waals surface area contributed by atoms with Crippen molar-refractivity contribution in [2.24, 2.45) is 17.6 Å². The fraction of sp³-hybridized carbons (Fsp3) is 0.387. The third kappa shape index (κ3) is 28.1. The predicted molar refractivity (Wildman–Crippen MR) is 337 cm³/mol. The molecule has 4 fully saturated rings. The third-order valence-electron chi connectivity index (χ3n) is 15.2.